The van der Waals surface area contributed by atoms with Crippen LogP contribution in [0.1, 0.15) is 12.5 Å². The first-order valence-electron chi connectivity index (χ1n) is 10.1. The van der Waals surface area contributed by atoms with Crippen LogP contribution >= 0.6 is 11.3 Å². The monoisotopic (exact) mass is 488 g/mol. The van der Waals surface area contributed by atoms with Crippen molar-refractivity contribution in [1.29, 1.82) is 0 Å². The zero-order valence-electron chi connectivity index (χ0n) is 17.6. The highest BCUT2D eigenvalue weighted by Gasteiger charge is 2.29. The molecule has 0 radical (unpaired) electrons. The van der Waals surface area contributed by atoms with E-state index >= 15 is 0 Å². The standard InChI is InChI=1S/C21H20N4O6S2/c1-2-23-17-8-7-15(25(28)29)11-18(17)32-21(23)22-19(26)12-33(30,31)13-20(27)24-10-9-14-5-3-4-6-16(14)24/h3-8,11H,2,9-10,12-13H2,1H3. The van der Waals surface area contributed by atoms with Crippen LogP contribution in [0.2, 0.25) is 0 Å². The third-order valence-electron chi connectivity index (χ3n) is 5.29. The maximum absolute atomic E-state index is 12.6. The summed E-state index contributed by atoms with van der Waals surface area (Å²) in [6.07, 6.45) is 0.650. The predicted octanol–water partition coefficient (Wildman–Crippen LogP) is 2.06. The van der Waals surface area contributed by atoms with Gasteiger partial charge < -0.3 is 9.47 Å². The van der Waals surface area contributed by atoms with Crippen molar-refractivity contribution in [3.63, 3.8) is 0 Å². The molecule has 0 spiro atoms. The number of sulfone groups is 1. The first-order valence-corrected chi connectivity index (χ1v) is 12.8. The van der Waals surface area contributed by atoms with Crippen molar-refractivity contribution in [2.45, 2.75) is 19.9 Å². The number of nitrogens with zero attached hydrogens (tertiary/aromatic N) is 4. The lowest BCUT2D eigenvalue weighted by molar-refractivity contribution is -0.384. The van der Waals surface area contributed by atoms with E-state index in [2.05, 4.69) is 4.99 Å². The van der Waals surface area contributed by atoms with Gasteiger partial charge in [-0.15, -0.1) is 0 Å². The Kier molecular flexibility index (Phi) is 6.13. The minimum atomic E-state index is -4.04. The lowest BCUT2D eigenvalue weighted by Crippen LogP contribution is -2.36. The molecule has 0 saturated carbocycles. The van der Waals surface area contributed by atoms with E-state index in [0.717, 1.165) is 16.9 Å². The van der Waals surface area contributed by atoms with Crippen molar-refractivity contribution in [3.05, 3.63) is 62.9 Å². The fourth-order valence-electron chi connectivity index (χ4n) is 3.81. The molecule has 1 aliphatic heterocycles. The van der Waals surface area contributed by atoms with Gasteiger partial charge in [0.2, 0.25) is 5.91 Å². The summed E-state index contributed by atoms with van der Waals surface area (Å²) in [5.41, 5.74) is 2.24. The first kappa shape index (κ1) is 22.8. The molecule has 10 nitrogen and oxygen atoms in total. The molecule has 0 N–H and O–H groups in total. The van der Waals surface area contributed by atoms with E-state index in [1.54, 1.807) is 22.8 Å². The van der Waals surface area contributed by atoms with Gasteiger partial charge in [-0.05, 0) is 31.0 Å². The van der Waals surface area contributed by atoms with Crippen molar-refractivity contribution in [3.8, 4) is 0 Å². The summed E-state index contributed by atoms with van der Waals surface area (Å²) in [5.74, 6) is -3.15. The van der Waals surface area contributed by atoms with Gasteiger partial charge in [0.1, 0.15) is 11.5 Å². The molecule has 0 atom stereocenters. The van der Waals surface area contributed by atoms with Crippen LogP contribution in [0.3, 0.4) is 0 Å². The van der Waals surface area contributed by atoms with Crippen LogP contribution in [0.15, 0.2) is 47.5 Å². The third-order valence-corrected chi connectivity index (χ3v) is 7.70. The van der Waals surface area contributed by atoms with E-state index in [-0.39, 0.29) is 10.5 Å². The molecular formula is C21H20N4O6S2. The number of benzene rings is 2. The Morgan fingerprint density at radius 1 is 1.18 bits per heavy atom. The summed E-state index contributed by atoms with van der Waals surface area (Å²) < 4.78 is 27.3. The minimum absolute atomic E-state index is 0.0885. The lowest BCUT2D eigenvalue weighted by atomic mass is 10.2. The molecule has 2 amide bonds. The Morgan fingerprint density at radius 3 is 2.67 bits per heavy atom. The molecule has 1 aliphatic rings. The van der Waals surface area contributed by atoms with E-state index in [9.17, 15) is 28.1 Å². The van der Waals surface area contributed by atoms with Gasteiger partial charge in [0.05, 0.1) is 15.1 Å². The van der Waals surface area contributed by atoms with Gasteiger partial charge in [0.25, 0.3) is 11.6 Å². The van der Waals surface area contributed by atoms with Gasteiger partial charge in [-0.3, -0.25) is 19.7 Å². The van der Waals surface area contributed by atoms with E-state index in [0.29, 0.717) is 35.4 Å². The molecular weight excluding hydrogens is 468 g/mol. The number of thiazole rings is 1. The smallest absolute Gasteiger partial charge is 0.270 e. The summed E-state index contributed by atoms with van der Waals surface area (Å²) in [5, 5.41) is 11.0. The highest BCUT2D eigenvalue weighted by molar-refractivity contribution is 7.92. The molecule has 172 valence electrons. The number of carbonyl (C=O) groups is 2. The number of anilines is 1. The molecule has 0 fully saturated rings. The Balaban J connectivity index is 1.53. The SMILES string of the molecule is CCn1c(=NC(=O)CS(=O)(=O)CC(=O)N2CCc3ccccc32)sc2cc([N+](=O)[O-])ccc21. The summed E-state index contributed by atoms with van der Waals surface area (Å²) in [4.78, 5) is 41.2. The maximum Gasteiger partial charge on any atom is 0.270 e. The zero-order valence-corrected chi connectivity index (χ0v) is 19.3. The van der Waals surface area contributed by atoms with Crippen LogP contribution < -0.4 is 9.70 Å². The second-order valence-electron chi connectivity index (χ2n) is 7.50. The third kappa shape index (κ3) is 4.71. The quantitative estimate of drug-likeness (QED) is 0.385. The van der Waals surface area contributed by atoms with Crippen LogP contribution in [0, 0.1) is 10.1 Å². The van der Waals surface area contributed by atoms with Gasteiger partial charge >= 0.3 is 0 Å². The molecule has 0 bridgehead atoms. The lowest BCUT2D eigenvalue weighted by Gasteiger charge is -2.17. The molecule has 4 rings (SSSR count). The van der Waals surface area contributed by atoms with Crippen LogP contribution in [0.4, 0.5) is 11.4 Å². The number of non-ortho nitro benzene ring substituents is 1. The number of amides is 2. The van der Waals surface area contributed by atoms with E-state index in [1.807, 2.05) is 19.1 Å². The number of rotatable bonds is 6. The van der Waals surface area contributed by atoms with Crippen molar-refractivity contribution in [2.75, 3.05) is 23.0 Å². The van der Waals surface area contributed by atoms with Crippen LogP contribution in [0.25, 0.3) is 10.2 Å². The fraction of sp³-hybridized carbons (Fsp3) is 0.286. The summed E-state index contributed by atoms with van der Waals surface area (Å²) in [6.45, 7) is 2.65. The average molecular weight is 489 g/mol. The van der Waals surface area contributed by atoms with Crippen molar-refractivity contribution >= 4 is 54.6 Å². The topological polar surface area (TPSA) is 132 Å². The molecule has 12 heteroatoms. The number of hydrogen-bond acceptors (Lipinski definition) is 7. The number of para-hydroxylation sites is 1. The van der Waals surface area contributed by atoms with E-state index in [1.165, 1.54) is 17.0 Å². The zero-order chi connectivity index (χ0) is 23.8. The highest BCUT2D eigenvalue weighted by atomic mass is 32.2. The summed E-state index contributed by atoms with van der Waals surface area (Å²) in [6, 6.07) is 11.6. The molecule has 2 aromatic carbocycles. The van der Waals surface area contributed by atoms with Gasteiger partial charge in [0, 0.05) is 30.9 Å². The Labute approximate surface area is 192 Å². The highest BCUT2D eigenvalue weighted by Crippen LogP contribution is 2.27. The molecule has 0 aliphatic carbocycles. The van der Waals surface area contributed by atoms with Crippen LogP contribution in [-0.4, -0.2) is 47.8 Å². The number of aryl methyl sites for hydroxylation is 1. The predicted molar refractivity (Wildman–Crippen MR) is 124 cm³/mol. The summed E-state index contributed by atoms with van der Waals surface area (Å²) in [7, 11) is -4.04. The van der Waals surface area contributed by atoms with Gasteiger partial charge in [-0.2, -0.15) is 4.99 Å². The number of carbonyl (C=O) groups excluding carboxylic acids is 2. The summed E-state index contributed by atoms with van der Waals surface area (Å²) >= 11 is 1.06. The minimum Gasteiger partial charge on any atom is -0.317 e. The van der Waals surface area contributed by atoms with Gasteiger partial charge in [0.15, 0.2) is 14.6 Å². The largest absolute Gasteiger partial charge is 0.317 e. The number of aromatic nitrogens is 1. The Hall–Kier alpha value is -3.38. The second kappa shape index (κ2) is 8.87. The van der Waals surface area contributed by atoms with E-state index < -0.39 is 38.1 Å². The Bertz CT molecular complexity index is 1450. The Morgan fingerprint density at radius 2 is 1.94 bits per heavy atom. The molecule has 33 heavy (non-hydrogen) atoms. The van der Waals surface area contributed by atoms with Crippen LogP contribution in [0.5, 0.6) is 0 Å². The van der Waals surface area contributed by atoms with Gasteiger partial charge in [-0.25, -0.2) is 8.42 Å². The fourth-order valence-corrected chi connectivity index (χ4v) is 6.03. The number of hydrogen-bond donors (Lipinski definition) is 0. The number of nitro groups is 1. The van der Waals surface area contributed by atoms with E-state index in [4.69, 9.17) is 0 Å². The molecule has 0 saturated heterocycles. The van der Waals surface area contributed by atoms with Gasteiger partial charge in [-0.1, -0.05) is 29.5 Å². The molecule has 2 heterocycles. The maximum atomic E-state index is 12.6. The normalized spacial score (nSPS) is 14.0. The molecule has 3 aromatic rings. The number of nitro benzene ring substituents is 1. The number of fused-ring (bicyclic) bond motifs is 2. The van der Waals surface area contributed by atoms with Crippen LogP contribution in [-0.2, 0) is 32.4 Å². The van der Waals surface area contributed by atoms with Crippen molar-refractivity contribution < 1.29 is 22.9 Å². The second-order valence-corrected chi connectivity index (χ2v) is 10.6. The van der Waals surface area contributed by atoms with Crippen molar-refractivity contribution in [1.82, 2.24) is 4.57 Å². The van der Waals surface area contributed by atoms with Crippen molar-refractivity contribution in [2.24, 2.45) is 4.99 Å². The first-order chi connectivity index (χ1) is 15.7. The molecule has 1 aromatic heterocycles. The average Bonchev–Trinajstić information content (AvgIpc) is 3.32. The molecule has 0 unspecified atom stereocenters.